The number of hydrogen-bond acceptors (Lipinski definition) is 3. The second kappa shape index (κ2) is 9.38. The Morgan fingerprint density at radius 1 is 0.969 bits per heavy atom. The number of aryl methyl sites for hydroxylation is 1. The number of anilines is 1. The first kappa shape index (κ1) is 22.4. The van der Waals surface area contributed by atoms with Crippen LogP contribution in [0.25, 0.3) is 0 Å². The van der Waals surface area contributed by atoms with E-state index in [-0.39, 0.29) is 11.7 Å². The van der Waals surface area contributed by atoms with Crippen LogP contribution in [-0.4, -0.2) is 25.5 Å². The topological polar surface area (TPSA) is 64.7 Å². The molecule has 164 valence electrons. The number of carbonyl (C=O) groups excluding carboxylic acids is 1. The Morgan fingerprint density at radius 3 is 2.22 bits per heavy atom. The van der Waals surface area contributed by atoms with Crippen molar-refractivity contribution in [2.75, 3.05) is 5.32 Å². The number of hydrogen-bond donors (Lipinski definition) is 1. The maximum atomic E-state index is 13.1. The van der Waals surface area contributed by atoms with Crippen LogP contribution in [0.2, 0.25) is 0 Å². The van der Waals surface area contributed by atoms with Crippen LogP contribution >= 0.6 is 31.9 Å². The van der Waals surface area contributed by atoms with E-state index in [1.807, 2.05) is 30.7 Å². The fourth-order valence-electron chi connectivity index (χ4n) is 3.28. The zero-order chi connectivity index (χ0) is 22.8. The second-order valence-electron chi connectivity index (χ2n) is 7.44. The van der Waals surface area contributed by atoms with Gasteiger partial charge in [-0.1, -0.05) is 24.3 Å². The monoisotopic (exact) mass is 559 g/mol. The molecule has 0 aliphatic rings. The molecular formula is C23H20Br2FN5O. The predicted octanol–water partition coefficient (Wildman–Crippen LogP) is 5.71. The summed E-state index contributed by atoms with van der Waals surface area (Å²) in [7, 11) is 0. The van der Waals surface area contributed by atoms with Gasteiger partial charge < -0.3 is 5.32 Å². The van der Waals surface area contributed by atoms with E-state index in [4.69, 9.17) is 0 Å². The maximum Gasteiger partial charge on any atom is 0.256 e. The molecule has 32 heavy (non-hydrogen) atoms. The molecule has 4 aromatic rings. The molecule has 0 radical (unpaired) electrons. The third-order valence-corrected chi connectivity index (χ3v) is 6.78. The standard InChI is InChI=1S/C23H20Br2FN5O/c1-14-21(25)15(2)31(28-14)12-17-3-7-18(8-4-17)23(32)27-22-20(24)13-30(29-22)11-16-5-9-19(26)10-6-16/h3-10,13H,11-12H2,1-2H3,(H,27,29,32). The van der Waals surface area contributed by atoms with Gasteiger partial charge in [0.05, 0.1) is 33.4 Å². The molecule has 0 aliphatic carbocycles. The van der Waals surface area contributed by atoms with Crippen molar-refractivity contribution in [1.82, 2.24) is 19.6 Å². The fraction of sp³-hybridized carbons (Fsp3) is 0.174. The Bertz CT molecular complexity index is 1260. The van der Waals surface area contributed by atoms with Crippen LogP contribution < -0.4 is 5.32 Å². The van der Waals surface area contributed by atoms with Gasteiger partial charge in [-0.05, 0) is 81.1 Å². The number of rotatable bonds is 6. The van der Waals surface area contributed by atoms with Crippen LogP contribution in [0, 0.1) is 19.7 Å². The van der Waals surface area contributed by atoms with Gasteiger partial charge in [0, 0.05) is 11.8 Å². The van der Waals surface area contributed by atoms with Crippen LogP contribution in [-0.2, 0) is 13.1 Å². The van der Waals surface area contributed by atoms with Crippen molar-refractivity contribution in [2.45, 2.75) is 26.9 Å². The first-order chi connectivity index (χ1) is 15.3. The molecule has 2 aromatic heterocycles. The normalized spacial score (nSPS) is 11.0. The Balaban J connectivity index is 1.42. The van der Waals surface area contributed by atoms with Crippen molar-refractivity contribution in [1.29, 1.82) is 0 Å². The molecule has 0 aliphatic heterocycles. The number of amides is 1. The van der Waals surface area contributed by atoms with Crippen LogP contribution in [0.4, 0.5) is 10.2 Å². The SMILES string of the molecule is Cc1nn(Cc2ccc(C(=O)Nc3nn(Cc4ccc(F)cc4)cc3Br)cc2)c(C)c1Br. The van der Waals surface area contributed by atoms with Gasteiger partial charge in [-0.3, -0.25) is 14.2 Å². The van der Waals surface area contributed by atoms with Gasteiger partial charge in [0.25, 0.3) is 5.91 Å². The summed E-state index contributed by atoms with van der Waals surface area (Å²) in [6.45, 7) is 5.06. The molecule has 0 saturated heterocycles. The molecule has 0 unspecified atom stereocenters. The van der Waals surface area contributed by atoms with E-state index in [0.29, 0.717) is 28.9 Å². The van der Waals surface area contributed by atoms with Crippen molar-refractivity contribution >= 4 is 43.6 Å². The predicted molar refractivity (Wildman–Crippen MR) is 128 cm³/mol. The first-order valence-corrected chi connectivity index (χ1v) is 11.5. The molecular weight excluding hydrogens is 541 g/mol. The molecule has 4 rings (SSSR count). The lowest BCUT2D eigenvalue weighted by molar-refractivity contribution is 0.102. The van der Waals surface area contributed by atoms with Crippen molar-refractivity contribution in [3.8, 4) is 0 Å². The molecule has 0 fully saturated rings. The molecule has 2 aromatic carbocycles. The Morgan fingerprint density at radius 2 is 1.59 bits per heavy atom. The molecule has 1 N–H and O–H groups in total. The number of benzene rings is 2. The molecule has 0 spiro atoms. The van der Waals surface area contributed by atoms with Gasteiger partial charge in [0.15, 0.2) is 5.82 Å². The van der Waals surface area contributed by atoms with Gasteiger partial charge in [0.1, 0.15) is 5.82 Å². The molecule has 9 heteroatoms. The van der Waals surface area contributed by atoms with E-state index in [1.54, 1.807) is 35.1 Å². The summed E-state index contributed by atoms with van der Waals surface area (Å²) in [6.07, 6.45) is 1.77. The number of halogens is 3. The van der Waals surface area contributed by atoms with Gasteiger partial charge >= 0.3 is 0 Å². The van der Waals surface area contributed by atoms with Gasteiger partial charge in [0.2, 0.25) is 0 Å². The highest BCUT2D eigenvalue weighted by Gasteiger charge is 2.13. The second-order valence-corrected chi connectivity index (χ2v) is 9.09. The lowest BCUT2D eigenvalue weighted by Crippen LogP contribution is -2.13. The van der Waals surface area contributed by atoms with Crippen molar-refractivity contribution in [2.24, 2.45) is 0 Å². The summed E-state index contributed by atoms with van der Waals surface area (Å²) in [6, 6.07) is 13.6. The van der Waals surface area contributed by atoms with Crippen molar-refractivity contribution in [3.05, 3.63) is 97.6 Å². The van der Waals surface area contributed by atoms with E-state index in [1.165, 1.54) is 12.1 Å². The average molecular weight is 561 g/mol. The summed E-state index contributed by atoms with van der Waals surface area (Å²) in [5, 5.41) is 11.8. The van der Waals surface area contributed by atoms with Gasteiger partial charge in [-0.2, -0.15) is 10.2 Å². The Kier molecular flexibility index (Phi) is 6.57. The zero-order valence-corrected chi connectivity index (χ0v) is 20.6. The summed E-state index contributed by atoms with van der Waals surface area (Å²) < 4.78 is 18.4. The highest BCUT2D eigenvalue weighted by molar-refractivity contribution is 9.11. The lowest BCUT2D eigenvalue weighted by Gasteiger charge is -2.07. The Hall–Kier alpha value is -2.78. The first-order valence-electron chi connectivity index (χ1n) is 9.87. The smallest absolute Gasteiger partial charge is 0.256 e. The van der Waals surface area contributed by atoms with E-state index in [2.05, 4.69) is 47.4 Å². The zero-order valence-electron chi connectivity index (χ0n) is 17.4. The molecule has 1 amide bonds. The van der Waals surface area contributed by atoms with Crippen LogP contribution in [0.1, 0.15) is 32.9 Å². The fourth-order valence-corrected chi connectivity index (χ4v) is 3.98. The van der Waals surface area contributed by atoms with E-state index < -0.39 is 0 Å². The van der Waals surface area contributed by atoms with E-state index in [0.717, 1.165) is 27.0 Å². The van der Waals surface area contributed by atoms with Crippen molar-refractivity contribution in [3.63, 3.8) is 0 Å². The molecule has 0 saturated carbocycles. The number of carbonyl (C=O) groups is 1. The number of nitrogens with zero attached hydrogens (tertiary/aromatic N) is 4. The third-order valence-electron chi connectivity index (χ3n) is 5.05. The van der Waals surface area contributed by atoms with Gasteiger partial charge in [-0.15, -0.1) is 0 Å². The lowest BCUT2D eigenvalue weighted by atomic mass is 10.1. The minimum absolute atomic E-state index is 0.252. The quantitative estimate of drug-likeness (QED) is 0.328. The van der Waals surface area contributed by atoms with Gasteiger partial charge in [-0.25, -0.2) is 4.39 Å². The number of aromatic nitrogens is 4. The largest absolute Gasteiger partial charge is 0.304 e. The summed E-state index contributed by atoms with van der Waals surface area (Å²) in [5.74, 6) is -0.107. The Labute approximate surface area is 201 Å². The summed E-state index contributed by atoms with van der Waals surface area (Å²) >= 11 is 6.98. The highest BCUT2D eigenvalue weighted by Crippen LogP contribution is 2.23. The molecule has 6 nitrogen and oxygen atoms in total. The highest BCUT2D eigenvalue weighted by atomic mass is 79.9. The van der Waals surface area contributed by atoms with Crippen LogP contribution in [0.3, 0.4) is 0 Å². The van der Waals surface area contributed by atoms with Crippen molar-refractivity contribution < 1.29 is 9.18 Å². The van der Waals surface area contributed by atoms with Crippen LogP contribution in [0.15, 0.2) is 63.7 Å². The minimum atomic E-state index is -0.280. The molecule has 0 atom stereocenters. The maximum absolute atomic E-state index is 13.1. The van der Waals surface area contributed by atoms with E-state index in [9.17, 15) is 9.18 Å². The molecule has 0 bridgehead atoms. The summed E-state index contributed by atoms with van der Waals surface area (Å²) in [4.78, 5) is 12.7. The average Bonchev–Trinajstić information content (AvgIpc) is 3.23. The summed E-state index contributed by atoms with van der Waals surface area (Å²) in [5.41, 5.74) is 4.49. The van der Waals surface area contributed by atoms with E-state index >= 15 is 0 Å². The van der Waals surface area contributed by atoms with Crippen LogP contribution in [0.5, 0.6) is 0 Å². The number of nitrogens with one attached hydrogen (secondary N) is 1. The third kappa shape index (κ3) is 4.99. The molecule has 2 heterocycles. The minimum Gasteiger partial charge on any atom is -0.304 e.